The number of hydrogen-bond donors (Lipinski definition) is 1. The molecule has 1 aliphatic heterocycles. The Labute approximate surface area is 189 Å². The van der Waals surface area contributed by atoms with E-state index in [4.69, 9.17) is 0 Å². The second-order valence-corrected chi connectivity index (χ2v) is 7.62. The van der Waals surface area contributed by atoms with E-state index in [1.807, 2.05) is 12.4 Å². The maximum Gasteiger partial charge on any atom is 0.324 e. The average molecular weight is 463 g/mol. The smallest absolute Gasteiger partial charge is 0.324 e. The van der Waals surface area contributed by atoms with Gasteiger partial charge in [-0.15, -0.1) is 0 Å². The summed E-state index contributed by atoms with van der Waals surface area (Å²) in [4.78, 5) is 45.7. The number of benzene rings is 1. The molecule has 1 saturated heterocycles. The van der Waals surface area contributed by atoms with Crippen molar-refractivity contribution in [3.8, 4) is 0 Å². The van der Waals surface area contributed by atoms with Gasteiger partial charge in [-0.05, 0) is 37.4 Å². The van der Waals surface area contributed by atoms with Gasteiger partial charge in [0.2, 0.25) is 0 Å². The fraction of sp³-hybridized carbons (Fsp3) is 0.364. The van der Waals surface area contributed by atoms with Crippen LogP contribution in [-0.4, -0.2) is 78.7 Å². The number of ketones is 1. The predicted octanol–water partition coefficient (Wildman–Crippen LogP) is 2.16. The monoisotopic (exact) mass is 463 g/mol. The lowest BCUT2D eigenvalue weighted by atomic mass is 10.1. The number of carbonyl (C=O) groups is 3. The van der Waals surface area contributed by atoms with E-state index in [2.05, 4.69) is 9.88 Å². The third kappa shape index (κ3) is 6.51. The average Bonchev–Trinajstić information content (AvgIpc) is 2.81. The van der Waals surface area contributed by atoms with Crippen LogP contribution in [0.25, 0.3) is 0 Å². The zero-order valence-electron chi connectivity index (χ0n) is 18.0. The molecule has 3 rings (SSSR count). The lowest BCUT2D eigenvalue weighted by Gasteiger charge is -2.36. The third-order valence-electron chi connectivity index (χ3n) is 5.21. The number of pyridine rings is 1. The molecule has 0 spiro atoms. The molecule has 1 aliphatic rings. The van der Waals surface area contributed by atoms with E-state index in [9.17, 15) is 27.6 Å². The molecule has 1 fully saturated rings. The molecule has 33 heavy (non-hydrogen) atoms. The van der Waals surface area contributed by atoms with Crippen LogP contribution in [0.5, 0.6) is 0 Å². The summed E-state index contributed by atoms with van der Waals surface area (Å²) < 4.78 is 38.3. The fourth-order valence-corrected chi connectivity index (χ4v) is 3.27. The van der Waals surface area contributed by atoms with Crippen LogP contribution in [0.1, 0.15) is 16.1 Å². The summed E-state index contributed by atoms with van der Waals surface area (Å²) in [7, 11) is 1.97. The van der Waals surface area contributed by atoms with Crippen LogP contribution in [0, 0.1) is 5.82 Å². The minimum atomic E-state index is -3.20. The normalized spacial score (nSPS) is 14.3. The van der Waals surface area contributed by atoms with Gasteiger partial charge in [-0.25, -0.2) is 9.18 Å². The highest BCUT2D eigenvalue weighted by Crippen LogP contribution is 2.21. The predicted molar refractivity (Wildman–Crippen MR) is 115 cm³/mol. The highest BCUT2D eigenvalue weighted by atomic mass is 19.3. The zero-order chi connectivity index (χ0) is 24.0. The number of carbonyl (C=O) groups excluding carboxylic acids is 3. The van der Waals surface area contributed by atoms with Crippen molar-refractivity contribution in [2.24, 2.45) is 0 Å². The van der Waals surface area contributed by atoms with Crippen molar-refractivity contribution in [1.29, 1.82) is 0 Å². The van der Waals surface area contributed by atoms with Gasteiger partial charge in [0.05, 0.1) is 18.8 Å². The quantitative estimate of drug-likeness (QED) is 0.636. The van der Waals surface area contributed by atoms with Crippen molar-refractivity contribution in [2.75, 3.05) is 44.7 Å². The van der Waals surface area contributed by atoms with Crippen molar-refractivity contribution in [2.45, 2.75) is 13.0 Å². The van der Waals surface area contributed by atoms with Crippen molar-refractivity contribution in [3.63, 3.8) is 0 Å². The summed E-state index contributed by atoms with van der Waals surface area (Å²) in [6.07, 6.45) is -1.96. The number of rotatable bonds is 7. The minimum absolute atomic E-state index is 0.0330. The molecule has 0 saturated carbocycles. The molecule has 1 N–H and O–H groups in total. The number of piperazine rings is 1. The highest BCUT2D eigenvalue weighted by molar-refractivity contribution is 5.99. The first-order valence-corrected chi connectivity index (χ1v) is 10.3. The van der Waals surface area contributed by atoms with Crippen LogP contribution in [0.15, 0.2) is 42.6 Å². The lowest BCUT2D eigenvalue weighted by Crippen LogP contribution is -2.52. The van der Waals surface area contributed by atoms with Gasteiger partial charge in [0.25, 0.3) is 5.91 Å². The van der Waals surface area contributed by atoms with Crippen LogP contribution in [0.3, 0.4) is 0 Å². The van der Waals surface area contributed by atoms with Crippen LogP contribution < -0.4 is 10.2 Å². The van der Waals surface area contributed by atoms with Gasteiger partial charge in [0, 0.05) is 43.6 Å². The molecule has 2 aromatic rings. The highest BCUT2D eigenvalue weighted by Gasteiger charge is 2.26. The summed E-state index contributed by atoms with van der Waals surface area (Å²) in [5, 5.41) is 1.84. The Kier molecular flexibility index (Phi) is 7.99. The third-order valence-corrected chi connectivity index (χ3v) is 5.21. The minimum Gasteiger partial charge on any atom is -0.344 e. The summed E-state index contributed by atoms with van der Waals surface area (Å²) >= 11 is 0. The molecule has 0 unspecified atom stereocenters. The lowest BCUT2D eigenvalue weighted by molar-refractivity contribution is -0.131. The summed E-state index contributed by atoms with van der Waals surface area (Å²) in [5.74, 6) is -2.59. The largest absolute Gasteiger partial charge is 0.344 e. The van der Waals surface area contributed by atoms with Gasteiger partial charge in [-0.1, -0.05) is 6.07 Å². The Morgan fingerprint density at radius 3 is 2.45 bits per heavy atom. The zero-order valence-corrected chi connectivity index (χ0v) is 18.0. The van der Waals surface area contributed by atoms with Crippen LogP contribution in [-0.2, 0) is 11.3 Å². The first-order valence-electron chi connectivity index (χ1n) is 10.3. The van der Waals surface area contributed by atoms with E-state index in [-0.39, 0.29) is 18.1 Å². The molecule has 0 atom stereocenters. The number of likely N-dealkylation sites (N-methyl/N-ethyl adjacent to an activating group) is 1. The molecular formula is C22H24F3N5O3. The van der Waals surface area contributed by atoms with Crippen LogP contribution in [0.4, 0.5) is 23.7 Å². The number of alkyl halides is 2. The molecule has 1 aromatic heterocycles. The fourth-order valence-electron chi connectivity index (χ4n) is 3.27. The summed E-state index contributed by atoms with van der Waals surface area (Å²) in [6, 6.07) is 8.35. The van der Waals surface area contributed by atoms with Crippen molar-refractivity contribution in [1.82, 2.24) is 20.1 Å². The van der Waals surface area contributed by atoms with E-state index < -0.39 is 30.5 Å². The Hall–Kier alpha value is -3.47. The van der Waals surface area contributed by atoms with Gasteiger partial charge >= 0.3 is 12.5 Å². The van der Waals surface area contributed by atoms with E-state index in [1.54, 1.807) is 11.0 Å². The number of urea groups is 1. The van der Waals surface area contributed by atoms with Crippen molar-refractivity contribution >= 4 is 23.4 Å². The van der Waals surface area contributed by atoms with Gasteiger partial charge < -0.3 is 15.1 Å². The number of aromatic nitrogens is 1. The Morgan fingerprint density at radius 1 is 1.12 bits per heavy atom. The van der Waals surface area contributed by atoms with E-state index in [0.717, 1.165) is 13.1 Å². The number of Topliss-reactive ketones (excluding diaryl/α,β-unsaturated/α-hetero) is 1. The molecule has 0 aliphatic carbocycles. The second-order valence-electron chi connectivity index (χ2n) is 7.62. The van der Waals surface area contributed by atoms with E-state index >= 15 is 0 Å². The van der Waals surface area contributed by atoms with Crippen LogP contribution in [0.2, 0.25) is 0 Å². The SMILES string of the molecule is CN1CCN(C(=O)N(Cc2ccc(C(=O)CNC(=O)C(F)F)cn2)c2cccc(F)c2)CC1. The number of hydrogen-bond acceptors (Lipinski definition) is 5. The molecule has 8 nitrogen and oxygen atoms in total. The van der Waals surface area contributed by atoms with Gasteiger partial charge in [-0.3, -0.25) is 19.5 Å². The number of nitrogens with zero attached hydrogens (tertiary/aromatic N) is 4. The first kappa shape index (κ1) is 24.2. The maximum atomic E-state index is 13.9. The summed E-state index contributed by atoms with van der Waals surface area (Å²) in [6.45, 7) is 1.96. The maximum absolute atomic E-state index is 13.9. The standard InChI is InChI=1S/C22H24F3N5O3/c1-28-7-9-29(10-8-28)22(33)30(18-4-2-3-16(23)11-18)14-17-6-5-15(12-26-17)19(31)13-27-21(32)20(24)25/h2-6,11-12,20H,7-10,13-14H2,1H3,(H,27,32). The second kappa shape index (κ2) is 10.9. The Balaban J connectivity index is 1.73. The summed E-state index contributed by atoms with van der Waals surface area (Å²) in [5.41, 5.74) is 0.932. The molecule has 176 valence electrons. The Bertz CT molecular complexity index is 995. The number of amides is 3. The molecule has 3 amide bonds. The number of anilines is 1. The topological polar surface area (TPSA) is 85.9 Å². The molecule has 11 heteroatoms. The van der Waals surface area contributed by atoms with Gasteiger partial charge in [0.15, 0.2) is 5.78 Å². The Morgan fingerprint density at radius 2 is 1.85 bits per heavy atom. The van der Waals surface area contributed by atoms with E-state index in [0.29, 0.717) is 24.5 Å². The number of halogens is 3. The van der Waals surface area contributed by atoms with Crippen LogP contribution >= 0.6 is 0 Å². The first-order chi connectivity index (χ1) is 15.7. The van der Waals surface area contributed by atoms with Crippen molar-refractivity contribution < 1.29 is 27.6 Å². The van der Waals surface area contributed by atoms with Gasteiger partial charge in [0.1, 0.15) is 5.82 Å². The molecule has 0 radical (unpaired) electrons. The van der Waals surface area contributed by atoms with Gasteiger partial charge in [-0.2, -0.15) is 8.78 Å². The molecule has 1 aromatic carbocycles. The van der Waals surface area contributed by atoms with Crippen molar-refractivity contribution in [3.05, 3.63) is 59.7 Å². The molecule has 2 heterocycles. The molecular weight excluding hydrogens is 439 g/mol. The number of nitrogens with one attached hydrogen (secondary N) is 1. The van der Waals surface area contributed by atoms with E-state index in [1.165, 1.54) is 41.4 Å². The molecule has 0 bridgehead atoms.